The van der Waals surface area contributed by atoms with Gasteiger partial charge in [0.2, 0.25) is 0 Å². The highest BCUT2D eigenvalue weighted by Gasteiger charge is 2.25. The quantitative estimate of drug-likeness (QED) is 0.750. The van der Waals surface area contributed by atoms with Crippen molar-refractivity contribution in [2.24, 2.45) is 5.92 Å². The second-order valence-corrected chi connectivity index (χ2v) is 5.98. The van der Waals surface area contributed by atoms with Crippen molar-refractivity contribution in [2.75, 3.05) is 6.61 Å². The van der Waals surface area contributed by atoms with Crippen molar-refractivity contribution >= 4 is 11.9 Å². The van der Waals surface area contributed by atoms with Crippen LogP contribution in [0.5, 0.6) is 5.75 Å². The first-order valence-corrected chi connectivity index (χ1v) is 8.24. The summed E-state index contributed by atoms with van der Waals surface area (Å²) < 4.78 is 10.7. The molecule has 5 nitrogen and oxygen atoms in total. The Balaban J connectivity index is 1.84. The van der Waals surface area contributed by atoms with E-state index in [2.05, 4.69) is 5.32 Å². The van der Waals surface area contributed by atoms with Crippen LogP contribution in [0.1, 0.15) is 19.4 Å². The summed E-state index contributed by atoms with van der Waals surface area (Å²) >= 11 is 0. The first-order chi connectivity index (χ1) is 12.1. The van der Waals surface area contributed by atoms with Gasteiger partial charge in [0.15, 0.2) is 6.61 Å². The van der Waals surface area contributed by atoms with E-state index in [4.69, 9.17) is 9.47 Å². The van der Waals surface area contributed by atoms with E-state index >= 15 is 0 Å². The average Bonchev–Trinajstić information content (AvgIpc) is 2.64. The Morgan fingerprint density at radius 3 is 2.16 bits per heavy atom. The van der Waals surface area contributed by atoms with E-state index in [-0.39, 0.29) is 25.0 Å². The number of hydrogen-bond donors (Lipinski definition) is 1. The molecule has 0 aliphatic heterocycles. The minimum Gasteiger partial charge on any atom is -0.484 e. The van der Waals surface area contributed by atoms with Crippen LogP contribution in [0.2, 0.25) is 0 Å². The SMILES string of the molecule is CC(C)[C@H](NC(=O)COc1ccccc1)C(=O)OCc1ccccc1. The molecule has 2 rings (SSSR count). The van der Waals surface area contributed by atoms with Crippen LogP contribution in [0, 0.1) is 5.92 Å². The van der Waals surface area contributed by atoms with Crippen LogP contribution in [0.15, 0.2) is 60.7 Å². The van der Waals surface area contributed by atoms with Gasteiger partial charge in [0.25, 0.3) is 5.91 Å². The lowest BCUT2D eigenvalue weighted by Crippen LogP contribution is -2.46. The zero-order valence-electron chi connectivity index (χ0n) is 14.5. The fraction of sp³-hybridized carbons (Fsp3) is 0.300. The van der Waals surface area contributed by atoms with Gasteiger partial charge < -0.3 is 14.8 Å². The van der Waals surface area contributed by atoms with Crippen LogP contribution in [0.4, 0.5) is 0 Å². The zero-order valence-corrected chi connectivity index (χ0v) is 14.5. The summed E-state index contributed by atoms with van der Waals surface area (Å²) in [6.45, 7) is 3.73. The highest BCUT2D eigenvalue weighted by molar-refractivity contribution is 5.85. The van der Waals surface area contributed by atoms with Crippen LogP contribution in [0.3, 0.4) is 0 Å². The average molecular weight is 341 g/mol. The Morgan fingerprint density at radius 1 is 0.960 bits per heavy atom. The smallest absolute Gasteiger partial charge is 0.329 e. The van der Waals surface area contributed by atoms with E-state index in [1.807, 2.05) is 62.4 Å². The maximum absolute atomic E-state index is 12.3. The number of esters is 1. The summed E-state index contributed by atoms with van der Waals surface area (Å²) in [5, 5.41) is 2.68. The predicted octanol–water partition coefficient (Wildman–Crippen LogP) is 2.95. The van der Waals surface area contributed by atoms with E-state index in [9.17, 15) is 9.59 Å². The van der Waals surface area contributed by atoms with Gasteiger partial charge in [-0.15, -0.1) is 0 Å². The Hall–Kier alpha value is -2.82. The third-order valence-corrected chi connectivity index (χ3v) is 3.57. The van der Waals surface area contributed by atoms with E-state index in [1.165, 1.54) is 0 Å². The normalized spacial score (nSPS) is 11.6. The third-order valence-electron chi connectivity index (χ3n) is 3.57. The van der Waals surface area contributed by atoms with Crippen molar-refractivity contribution in [3.63, 3.8) is 0 Å². The molecule has 0 bridgehead atoms. The summed E-state index contributed by atoms with van der Waals surface area (Å²) in [6, 6.07) is 17.7. The molecule has 2 aromatic rings. The summed E-state index contributed by atoms with van der Waals surface area (Å²) in [5.41, 5.74) is 0.900. The van der Waals surface area contributed by atoms with Gasteiger partial charge in [0, 0.05) is 0 Å². The molecule has 0 heterocycles. The number of carbonyl (C=O) groups excluding carboxylic acids is 2. The fourth-order valence-corrected chi connectivity index (χ4v) is 2.20. The largest absolute Gasteiger partial charge is 0.484 e. The number of amides is 1. The zero-order chi connectivity index (χ0) is 18.1. The van der Waals surface area contributed by atoms with Gasteiger partial charge in [-0.05, 0) is 23.6 Å². The van der Waals surface area contributed by atoms with E-state index in [0.29, 0.717) is 5.75 Å². The monoisotopic (exact) mass is 341 g/mol. The number of para-hydroxylation sites is 1. The second-order valence-electron chi connectivity index (χ2n) is 5.98. The maximum Gasteiger partial charge on any atom is 0.329 e. The highest BCUT2D eigenvalue weighted by atomic mass is 16.5. The molecule has 5 heteroatoms. The molecule has 0 aliphatic carbocycles. The molecule has 25 heavy (non-hydrogen) atoms. The van der Waals surface area contributed by atoms with Crippen LogP contribution in [-0.2, 0) is 20.9 Å². The van der Waals surface area contributed by atoms with Crippen LogP contribution in [0.25, 0.3) is 0 Å². The van der Waals surface area contributed by atoms with Crippen molar-refractivity contribution in [3.05, 3.63) is 66.2 Å². The van der Waals surface area contributed by atoms with Gasteiger partial charge in [0.05, 0.1) is 0 Å². The molecule has 0 spiro atoms. The molecular formula is C20H23NO4. The molecule has 0 saturated heterocycles. The van der Waals surface area contributed by atoms with Crippen LogP contribution >= 0.6 is 0 Å². The molecule has 0 unspecified atom stereocenters. The topological polar surface area (TPSA) is 64.6 Å². The summed E-state index contributed by atoms with van der Waals surface area (Å²) in [4.78, 5) is 24.4. The molecule has 1 amide bonds. The third kappa shape index (κ3) is 6.30. The minimum absolute atomic E-state index is 0.0936. The Morgan fingerprint density at radius 2 is 1.56 bits per heavy atom. The van der Waals surface area contributed by atoms with Gasteiger partial charge in [-0.3, -0.25) is 4.79 Å². The Labute approximate surface area is 148 Å². The van der Waals surface area contributed by atoms with Crippen LogP contribution < -0.4 is 10.1 Å². The number of carbonyl (C=O) groups is 2. The number of rotatable bonds is 8. The van der Waals surface area contributed by atoms with Gasteiger partial charge in [0.1, 0.15) is 18.4 Å². The first-order valence-electron chi connectivity index (χ1n) is 8.24. The van der Waals surface area contributed by atoms with Crippen molar-refractivity contribution in [1.29, 1.82) is 0 Å². The fourth-order valence-electron chi connectivity index (χ4n) is 2.20. The summed E-state index contributed by atoms with van der Waals surface area (Å²) in [5.74, 6) is -0.305. The molecule has 1 N–H and O–H groups in total. The molecule has 0 aliphatic rings. The lowest BCUT2D eigenvalue weighted by atomic mass is 10.0. The van der Waals surface area contributed by atoms with Crippen molar-refractivity contribution in [2.45, 2.75) is 26.5 Å². The molecular weight excluding hydrogens is 318 g/mol. The van der Waals surface area contributed by atoms with Gasteiger partial charge in [-0.2, -0.15) is 0 Å². The molecule has 2 aromatic carbocycles. The van der Waals surface area contributed by atoms with Gasteiger partial charge in [-0.25, -0.2) is 4.79 Å². The van der Waals surface area contributed by atoms with E-state index in [0.717, 1.165) is 5.56 Å². The van der Waals surface area contributed by atoms with Crippen molar-refractivity contribution in [1.82, 2.24) is 5.32 Å². The molecule has 0 saturated carbocycles. The molecule has 0 fully saturated rings. The standard InChI is InChI=1S/C20H23NO4/c1-15(2)19(20(23)25-13-16-9-5-3-6-10-16)21-18(22)14-24-17-11-7-4-8-12-17/h3-12,15,19H,13-14H2,1-2H3,(H,21,22)/t19-/m0/s1. The number of hydrogen-bond acceptors (Lipinski definition) is 4. The van der Waals surface area contributed by atoms with Gasteiger partial charge >= 0.3 is 5.97 Å². The summed E-state index contributed by atoms with van der Waals surface area (Å²) in [6.07, 6.45) is 0. The number of ether oxygens (including phenoxy) is 2. The lowest BCUT2D eigenvalue weighted by molar-refractivity contribution is -0.150. The second kappa shape index (κ2) is 9.47. The Kier molecular flexibility index (Phi) is 7.01. The molecule has 0 radical (unpaired) electrons. The molecule has 0 aromatic heterocycles. The molecule has 132 valence electrons. The van der Waals surface area contributed by atoms with E-state index < -0.39 is 12.0 Å². The van der Waals surface area contributed by atoms with Crippen LogP contribution in [-0.4, -0.2) is 24.5 Å². The Bertz CT molecular complexity index is 671. The maximum atomic E-state index is 12.3. The van der Waals surface area contributed by atoms with Crippen molar-refractivity contribution in [3.8, 4) is 5.75 Å². The number of nitrogens with one attached hydrogen (secondary N) is 1. The minimum atomic E-state index is -0.712. The highest BCUT2D eigenvalue weighted by Crippen LogP contribution is 2.09. The van der Waals surface area contributed by atoms with Gasteiger partial charge in [-0.1, -0.05) is 62.4 Å². The summed E-state index contributed by atoms with van der Waals surface area (Å²) in [7, 11) is 0. The first kappa shape index (κ1) is 18.5. The lowest BCUT2D eigenvalue weighted by Gasteiger charge is -2.21. The number of benzene rings is 2. The predicted molar refractivity (Wildman–Crippen MR) is 94.9 cm³/mol. The van der Waals surface area contributed by atoms with Crippen molar-refractivity contribution < 1.29 is 19.1 Å². The van der Waals surface area contributed by atoms with E-state index in [1.54, 1.807) is 12.1 Å². The molecule has 1 atom stereocenters.